The molecule has 0 aliphatic carbocycles. The number of amides is 1. The summed E-state index contributed by atoms with van der Waals surface area (Å²) in [6, 6.07) is 5.70. The fourth-order valence-electron chi connectivity index (χ4n) is 3.82. The van der Waals surface area contributed by atoms with Crippen molar-refractivity contribution in [2.45, 2.75) is 12.5 Å². The number of carbonyl (C=O) groups excluding carboxylic acids is 1. The molecule has 0 unspecified atom stereocenters. The van der Waals surface area contributed by atoms with E-state index in [-0.39, 0.29) is 27.7 Å². The Hall–Kier alpha value is -3.08. The van der Waals surface area contributed by atoms with Crippen LogP contribution in [0.2, 0.25) is 10.0 Å². The van der Waals surface area contributed by atoms with Gasteiger partial charge in [-0.2, -0.15) is 11.8 Å². The van der Waals surface area contributed by atoms with Crippen molar-refractivity contribution in [3.63, 3.8) is 0 Å². The van der Waals surface area contributed by atoms with Crippen LogP contribution in [0, 0.1) is 0 Å². The lowest BCUT2D eigenvalue weighted by Crippen LogP contribution is -2.46. The SMILES string of the molecule is O=C(O)C[C@H](Nc1c(N2CCSCC2)c(=O)c1=O)c1ccc(NC(=O)c2c(Cl)cncc2Cl)cc1. The molecule has 0 bridgehead atoms. The number of aliphatic carboxylic acids is 1. The van der Waals surface area contributed by atoms with E-state index in [4.69, 9.17) is 23.2 Å². The quantitative estimate of drug-likeness (QED) is 0.372. The predicted octanol–water partition coefficient (Wildman–Crippen LogP) is 3.42. The summed E-state index contributed by atoms with van der Waals surface area (Å²) in [7, 11) is 0. The molecule has 9 nitrogen and oxygen atoms in total. The van der Waals surface area contributed by atoms with Crippen LogP contribution in [0.1, 0.15) is 28.4 Å². The fourth-order valence-corrected chi connectivity index (χ4v) is 5.26. The van der Waals surface area contributed by atoms with Crippen molar-refractivity contribution in [1.29, 1.82) is 0 Å². The van der Waals surface area contributed by atoms with Gasteiger partial charge in [-0.05, 0) is 17.7 Å². The zero-order valence-electron chi connectivity index (χ0n) is 18.2. The first-order chi connectivity index (χ1) is 16.8. The van der Waals surface area contributed by atoms with Crippen molar-refractivity contribution in [1.82, 2.24) is 4.98 Å². The van der Waals surface area contributed by atoms with Crippen molar-refractivity contribution in [3.8, 4) is 0 Å². The largest absolute Gasteiger partial charge is 0.481 e. The monoisotopic (exact) mass is 534 g/mol. The number of carboxylic acid groups (broad SMARTS) is 1. The van der Waals surface area contributed by atoms with Crippen LogP contribution in [-0.4, -0.2) is 46.6 Å². The lowest BCUT2D eigenvalue weighted by atomic mass is 10.0. The lowest BCUT2D eigenvalue weighted by Gasteiger charge is -2.31. The average molecular weight is 535 g/mol. The van der Waals surface area contributed by atoms with Gasteiger partial charge in [-0.3, -0.25) is 24.2 Å². The molecule has 35 heavy (non-hydrogen) atoms. The van der Waals surface area contributed by atoms with Crippen LogP contribution in [0.15, 0.2) is 46.2 Å². The predicted molar refractivity (Wildman–Crippen MR) is 138 cm³/mol. The Morgan fingerprint density at radius 1 is 1.06 bits per heavy atom. The minimum Gasteiger partial charge on any atom is -0.481 e. The Bertz CT molecular complexity index is 1310. The van der Waals surface area contributed by atoms with Crippen molar-refractivity contribution in [2.24, 2.45) is 0 Å². The van der Waals surface area contributed by atoms with Gasteiger partial charge in [0, 0.05) is 42.7 Å². The van der Waals surface area contributed by atoms with Gasteiger partial charge in [-0.25, -0.2) is 0 Å². The summed E-state index contributed by atoms with van der Waals surface area (Å²) in [4.78, 5) is 54.4. The molecular weight excluding hydrogens is 515 g/mol. The van der Waals surface area contributed by atoms with Crippen LogP contribution >= 0.6 is 35.0 Å². The summed E-state index contributed by atoms with van der Waals surface area (Å²) in [5, 5.41) is 15.3. The molecule has 1 atom stereocenters. The van der Waals surface area contributed by atoms with E-state index in [2.05, 4.69) is 15.6 Å². The van der Waals surface area contributed by atoms with Crippen molar-refractivity contribution < 1.29 is 14.7 Å². The van der Waals surface area contributed by atoms with Gasteiger partial charge in [0.25, 0.3) is 16.8 Å². The second-order valence-corrected chi connectivity index (χ2v) is 9.87. The van der Waals surface area contributed by atoms with Gasteiger partial charge in [0.05, 0.1) is 28.1 Å². The molecule has 1 aliphatic heterocycles. The average Bonchev–Trinajstić information content (AvgIpc) is 2.83. The molecule has 0 spiro atoms. The molecule has 1 amide bonds. The molecular formula is C23H20Cl2N4O5S. The third kappa shape index (κ3) is 5.44. The second-order valence-electron chi connectivity index (χ2n) is 7.83. The maximum Gasteiger partial charge on any atom is 0.305 e. The summed E-state index contributed by atoms with van der Waals surface area (Å²) in [6.45, 7) is 1.29. The maximum absolute atomic E-state index is 12.6. The Balaban J connectivity index is 1.54. The number of aromatic nitrogens is 1. The van der Waals surface area contributed by atoms with Crippen LogP contribution in [0.5, 0.6) is 0 Å². The van der Waals surface area contributed by atoms with Gasteiger partial charge in [0.2, 0.25) is 0 Å². The Morgan fingerprint density at radius 2 is 1.69 bits per heavy atom. The summed E-state index contributed by atoms with van der Waals surface area (Å²) in [6.07, 6.45) is 2.31. The molecule has 2 heterocycles. The molecule has 12 heteroatoms. The Morgan fingerprint density at radius 3 is 2.29 bits per heavy atom. The number of carboxylic acids is 1. The lowest BCUT2D eigenvalue weighted by molar-refractivity contribution is -0.137. The normalized spacial score (nSPS) is 14.5. The van der Waals surface area contributed by atoms with Gasteiger partial charge in [-0.1, -0.05) is 35.3 Å². The minimum absolute atomic E-state index is 0.0848. The van der Waals surface area contributed by atoms with Crippen molar-refractivity contribution >= 4 is 63.9 Å². The molecule has 1 fully saturated rings. The van der Waals surface area contributed by atoms with E-state index < -0.39 is 28.8 Å². The van der Waals surface area contributed by atoms with Gasteiger partial charge < -0.3 is 20.6 Å². The number of nitrogens with one attached hydrogen (secondary N) is 2. The van der Waals surface area contributed by atoms with E-state index in [1.54, 1.807) is 36.0 Å². The molecule has 2 aromatic carbocycles. The highest BCUT2D eigenvalue weighted by Crippen LogP contribution is 2.30. The van der Waals surface area contributed by atoms with Crippen LogP contribution < -0.4 is 26.4 Å². The molecule has 1 saturated heterocycles. The van der Waals surface area contributed by atoms with Gasteiger partial charge in [0.15, 0.2) is 0 Å². The smallest absolute Gasteiger partial charge is 0.305 e. The summed E-state index contributed by atoms with van der Waals surface area (Å²) in [5.74, 6) is 0.0969. The zero-order chi connectivity index (χ0) is 25.1. The Labute approximate surface area is 214 Å². The standard InChI is InChI=1S/C23H20Cl2N4O5S/c24-14-10-26-11-15(25)18(14)23(34)27-13-3-1-12(2-4-13)16(9-17(30)31)28-19-20(22(33)21(19)32)29-5-7-35-8-6-29/h1-4,10-11,16,28H,5-9H2,(H,27,34)(H,30,31)/t16-/m0/s1. The van der Waals surface area contributed by atoms with Crippen LogP contribution in [0.3, 0.4) is 0 Å². The molecule has 0 saturated carbocycles. The number of hydrogen-bond acceptors (Lipinski definition) is 8. The van der Waals surface area contributed by atoms with Crippen LogP contribution in [0.25, 0.3) is 0 Å². The molecule has 4 rings (SSSR count). The second kappa shape index (κ2) is 10.7. The van der Waals surface area contributed by atoms with E-state index in [9.17, 15) is 24.3 Å². The highest BCUT2D eigenvalue weighted by Gasteiger charge is 2.29. The zero-order valence-corrected chi connectivity index (χ0v) is 20.5. The number of pyridine rings is 1. The number of carbonyl (C=O) groups is 2. The first-order valence-electron chi connectivity index (χ1n) is 10.6. The number of halogens is 2. The third-order valence-electron chi connectivity index (χ3n) is 5.56. The minimum atomic E-state index is -1.07. The molecule has 3 N–H and O–H groups in total. The molecule has 1 aromatic heterocycles. The number of hydrogen-bond donors (Lipinski definition) is 3. The molecule has 0 radical (unpaired) electrons. The number of rotatable bonds is 8. The topological polar surface area (TPSA) is 129 Å². The number of anilines is 3. The fraction of sp³-hybridized carbons (Fsp3) is 0.261. The third-order valence-corrected chi connectivity index (χ3v) is 7.08. The van der Waals surface area contributed by atoms with E-state index >= 15 is 0 Å². The molecule has 3 aromatic rings. The van der Waals surface area contributed by atoms with E-state index in [0.29, 0.717) is 30.0 Å². The van der Waals surface area contributed by atoms with E-state index in [1.165, 1.54) is 12.4 Å². The van der Waals surface area contributed by atoms with Gasteiger partial charge >= 0.3 is 5.97 Å². The van der Waals surface area contributed by atoms with Crippen molar-refractivity contribution in [3.05, 3.63) is 78.3 Å². The first kappa shape index (κ1) is 25.0. The summed E-state index contributed by atoms with van der Waals surface area (Å²) >= 11 is 13.8. The Kier molecular flexibility index (Phi) is 7.63. The number of nitrogens with zero attached hydrogens (tertiary/aromatic N) is 2. The number of thioether (sulfide) groups is 1. The highest BCUT2D eigenvalue weighted by atomic mass is 35.5. The van der Waals surface area contributed by atoms with Crippen LogP contribution in [0.4, 0.5) is 17.1 Å². The van der Waals surface area contributed by atoms with E-state index in [0.717, 1.165) is 11.5 Å². The van der Waals surface area contributed by atoms with Gasteiger partial charge in [0.1, 0.15) is 11.4 Å². The van der Waals surface area contributed by atoms with Crippen molar-refractivity contribution in [2.75, 3.05) is 40.1 Å². The van der Waals surface area contributed by atoms with E-state index in [1.807, 2.05) is 4.90 Å². The summed E-state index contributed by atoms with van der Waals surface area (Å²) in [5.41, 5.74) is 0.342. The first-order valence-corrected chi connectivity index (χ1v) is 12.5. The number of benzene rings is 1. The maximum atomic E-state index is 12.6. The highest BCUT2D eigenvalue weighted by molar-refractivity contribution is 7.99. The van der Waals surface area contributed by atoms with Crippen LogP contribution in [-0.2, 0) is 4.79 Å². The molecule has 182 valence electrons. The summed E-state index contributed by atoms with van der Waals surface area (Å²) < 4.78 is 0. The molecule has 1 aliphatic rings. The van der Waals surface area contributed by atoms with Gasteiger partial charge in [-0.15, -0.1) is 0 Å².